The summed E-state index contributed by atoms with van der Waals surface area (Å²) in [7, 11) is 3.90. The van der Waals surface area contributed by atoms with Crippen LogP contribution in [-0.2, 0) is 4.74 Å². The molecule has 0 aliphatic heterocycles. The summed E-state index contributed by atoms with van der Waals surface area (Å²) >= 11 is 6.11. The van der Waals surface area contributed by atoms with Gasteiger partial charge in [-0.05, 0) is 50.4 Å². The highest BCUT2D eigenvalue weighted by Crippen LogP contribution is 2.45. The number of methoxy groups -OCH3 is 1. The third-order valence-electron chi connectivity index (χ3n) is 4.70. The Morgan fingerprint density at radius 2 is 2.20 bits per heavy atom. The van der Waals surface area contributed by atoms with Crippen molar-refractivity contribution in [2.75, 3.05) is 27.3 Å². The van der Waals surface area contributed by atoms with E-state index in [2.05, 4.69) is 24.9 Å². The topological polar surface area (TPSA) is 38.5 Å². The van der Waals surface area contributed by atoms with Crippen molar-refractivity contribution in [2.24, 2.45) is 11.7 Å². The van der Waals surface area contributed by atoms with Gasteiger partial charge in [-0.15, -0.1) is 0 Å². The Morgan fingerprint density at radius 1 is 1.50 bits per heavy atom. The van der Waals surface area contributed by atoms with E-state index in [0.717, 1.165) is 5.02 Å². The van der Waals surface area contributed by atoms with Crippen LogP contribution in [0.25, 0.3) is 0 Å². The second-order valence-electron chi connectivity index (χ2n) is 5.86. The summed E-state index contributed by atoms with van der Waals surface area (Å²) < 4.78 is 5.48. The van der Waals surface area contributed by atoms with E-state index >= 15 is 0 Å². The van der Waals surface area contributed by atoms with Crippen LogP contribution in [0.1, 0.15) is 31.4 Å². The lowest BCUT2D eigenvalue weighted by Crippen LogP contribution is -2.57. The van der Waals surface area contributed by atoms with E-state index in [0.29, 0.717) is 19.1 Å². The second kappa shape index (κ2) is 6.44. The molecule has 20 heavy (non-hydrogen) atoms. The van der Waals surface area contributed by atoms with Gasteiger partial charge in [-0.25, -0.2) is 0 Å². The highest BCUT2D eigenvalue weighted by atomic mass is 35.5. The van der Waals surface area contributed by atoms with E-state index in [4.69, 9.17) is 22.1 Å². The molecule has 1 fully saturated rings. The van der Waals surface area contributed by atoms with Gasteiger partial charge in [0, 0.05) is 24.7 Å². The quantitative estimate of drug-likeness (QED) is 0.840. The molecule has 0 amide bonds. The highest BCUT2D eigenvalue weighted by Gasteiger charge is 2.48. The van der Waals surface area contributed by atoms with Gasteiger partial charge in [0.25, 0.3) is 0 Å². The molecule has 0 bridgehead atoms. The average Bonchev–Trinajstić information content (AvgIpc) is 3.28. The molecule has 112 valence electrons. The number of hydrogen-bond donors (Lipinski definition) is 1. The Morgan fingerprint density at radius 3 is 2.70 bits per heavy atom. The third-order valence-corrected chi connectivity index (χ3v) is 4.93. The Labute approximate surface area is 127 Å². The molecule has 1 aromatic rings. The van der Waals surface area contributed by atoms with E-state index in [-0.39, 0.29) is 11.6 Å². The van der Waals surface area contributed by atoms with Crippen LogP contribution in [0.3, 0.4) is 0 Å². The first-order valence-corrected chi connectivity index (χ1v) is 7.60. The van der Waals surface area contributed by atoms with Gasteiger partial charge in [-0.2, -0.15) is 0 Å². The van der Waals surface area contributed by atoms with Gasteiger partial charge in [0.1, 0.15) is 0 Å². The maximum absolute atomic E-state index is 6.13. The summed E-state index contributed by atoms with van der Waals surface area (Å²) in [5, 5.41) is 0.777. The normalized spacial score (nSPS) is 19.9. The molecular weight excluding hydrogens is 272 g/mol. The molecule has 0 radical (unpaired) electrons. The Balaban J connectivity index is 2.24. The molecule has 1 saturated carbocycles. The van der Waals surface area contributed by atoms with E-state index in [9.17, 15) is 0 Å². The van der Waals surface area contributed by atoms with Crippen LogP contribution in [0.5, 0.6) is 0 Å². The van der Waals surface area contributed by atoms with Gasteiger partial charge in [0.15, 0.2) is 0 Å². The van der Waals surface area contributed by atoms with Gasteiger partial charge in [-0.3, -0.25) is 4.90 Å². The minimum atomic E-state index is -0.0729. The van der Waals surface area contributed by atoms with Crippen molar-refractivity contribution in [2.45, 2.75) is 31.3 Å². The van der Waals surface area contributed by atoms with Gasteiger partial charge >= 0.3 is 0 Å². The van der Waals surface area contributed by atoms with Crippen molar-refractivity contribution >= 4 is 11.6 Å². The van der Waals surface area contributed by atoms with Crippen molar-refractivity contribution < 1.29 is 4.74 Å². The van der Waals surface area contributed by atoms with E-state index in [1.54, 1.807) is 7.11 Å². The third kappa shape index (κ3) is 3.01. The number of rotatable bonds is 7. The largest absolute Gasteiger partial charge is 0.383 e. The maximum Gasteiger partial charge on any atom is 0.0661 e. The first-order valence-electron chi connectivity index (χ1n) is 7.22. The van der Waals surface area contributed by atoms with Gasteiger partial charge in [-0.1, -0.05) is 23.7 Å². The fourth-order valence-corrected chi connectivity index (χ4v) is 3.32. The van der Waals surface area contributed by atoms with Crippen LogP contribution in [0.15, 0.2) is 24.3 Å². The first kappa shape index (κ1) is 15.8. The standard InChI is InChI=1S/C16H25ClN2O/c1-12(13-5-4-6-15(17)9-13)19(2)16(10-18,11-20-3)14-7-8-14/h4-6,9,12,14H,7-8,10-11,18H2,1-3H3. The minimum Gasteiger partial charge on any atom is -0.383 e. The number of hydrogen-bond acceptors (Lipinski definition) is 3. The van der Waals surface area contributed by atoms with Crippen LogP contribution < -0.4 is 5.73 Å². The number of nitrogens with two attached hydrogens (primary N) is 1. The summed E-state index contributed by atoms with van der Waals surface area (Å²) in [6, 6.07) is 8.31. The smallest absolute Gasteiger partial charge is 0.0661 e. The maximum atomic E-state index is 6.13. The average molecular weight is 297 g/mol. The van der Waals surface area contributed by atoms with Crippen LogP contribution >= 0.6 is 11.6 Å². The van der Waals surface area contributed by atoms with Crippen LogP contribution in [-0.4, -0.2) is 37.7 Å². The number of halogens is 1. The molecule has 0 saturated heterocycles. The molecule has 2 unspecified atom stereocenters. The predicted molar refractivity (Wildman–Crippen MR) is 84.0 cm³/mol. The molecule has 1 aliphatic carbocycles. The second-order valence-corrected chi connectivity index (χ2v) is 6.29. The van der Waals surface area contributed by atoms with Crippen molar-refractivity contribution in [3.05, 3.63) is 34.9 Å². The van der Waals surface area contributed by atoms with E-state index in [1.165, 1.54) is 18.4 Å². The molecule has 2 N–H and O–H groups in total. The summed E-state index contributed by atoms with van der Waals surface area (Å²) in [6.07, 6.45) is 2.49. The lowest BCUT2D eigenvalue weighted by Gasteiger charge is -2.44. The Bertz CT molecular complexity index is 450. The lowest BCUT2D eigenvalue weighted by molar-refractivity contribution is -0.00630. The minimum absolute atomic E-state index is 0.0729. The number of likely N-dealkylation sites (N-methyl/N-ethyl adjacent to an activating group) is 1. The molecule has 0 spiro atoms. The van der Waals surface area contributed by atoms with Gasteiger partial charge in [0.2, 0.25) is 0 Å². The zero-order valence-corrected chi connectivity index (χ0v) is 13.4. The van der Waals surface area contributed by atoms with Crippen molar-refractivity contribution in [3.8, 4) is 0 Å². The predicted octanol–water partition coefficient (Wildman–Crippen LogP) is 3.09. The van der Waals surface area contributed by atoms with Crippen molar-refractivity contribution in [1.29, 1.82) is 0 Å². The number of ether oxygens (including phenoxy) is 1. The Kier molecular flexibility index (Phi) is 5.08. The molecule has 1 aromatic carbocycles. The Hall–Kier alpha value is -0.610. The molecular formula is C16H25ClN2O. The SMILES string of the molecule is COCC(CN)(C1CC1)N(C)C(C)c1cccc(Cl)c1. The molecule has 1 aliphatic rings. The number of benzene rings is 1. The fraction of sp³-hybridized carbons (Fsp3) is 0.625. The highest BCUT2D eigenvalue weighted by molar-refractivity contribution is 6.30. The van der Waals surface area contributed by atoms with E-state index in [1.807, 2.05) is 18.2 Å². The van der Waals surface area contributed by atoms with Crippen molar-refractivity contribution in [3.63, 3.8) is 0 Å². The van der Waals surface area contributed by atoms with Crippen LogP contribution in [0.4, 0.5) is 0 Å². The van der Waals surface area contributed by atoms with E-state index < -0.39 is 0 Å². The number of nitrogens with zero attached hydrogens (tertiary/aromatic N) is 1. The molecule has 3 nitrogen and oxygen atoms in total. The van der Waals surface area contributed by atoms with Crippen LogP contribution in [0, 0.1) is 5.92 Å². The van der Waals surface area contributed by atoms with Crippen molar-refractivity contribution in [1.82, 2.24) is 4.90 Å². The summed E-state index contributed by atoms with van der Waals surface area (Å²) in [6.45, 7) is 3.50. The van der Waals surface area contributed by atoms with Gasteiger partial charge < -0.3 is 10.5 Å². The molecule has 4 heteroatoms. The lowest BCUT2D eigenvalue weighted by atomic mass is 9.89. The summed E-state index contributed by atoms with van der Waals surface area (Å²) in [4.78, 5) is 2.37. The molecule has 0 aromatic heterocycles. The summed E-state index contributed by atoms with van der Waals surface area (Å²) in [5.41, 5.74) is 7.28. The zero-order chi connectivity index (χ0) is 14.8. The van der Waals surface area contributed by atoms with Crippen LogP contribution in [0.2, 0.25) is 5.02 Å². The van der Waals surface area contributed by atoms with Gasteiger partial charge in [0.05, 0.1) is 12.1 Å². The summed E-state index contributed by atoms with van der Waals surface area (Å²) in [5.74, 6) is 0.638. The fourth-order valence-electron chi connectivity index (χ4n) is 3.12. The monoisotopic (exact) mass is 296 g/mol. The zero-order valence-electron chi connectivity index (χ0n) is 12.6. The molecule has 0 heterocycles. The first-order chi connectivity index (χ1) is 9.55. The molecule has 2 atom stereocenters. The molecule has 2 rings (SSSR count).